The van der Waals surface area contributed by atoms with Gasteiger partial charge in [0, 0.05) is 9.13 Å². The van der Waals surface area contributed by atoms with Crippen LogP contribution < -0.4 is 0 Å². The van der Waals surface area contributed by atoms with Gasteiger partial charge in [-0.2, -0.15) is 0 Å². The van der Waals surface area contributed by atoms with E-state index in [4.69, 9.17) is 0 Å². The highest BCUT2D eigenvalue weighted by Crippen LogP contribution is 2.29. The van der Waals surface area contributed by atoms with E-state index in [0.29, 0.717) is 11.7 Å². The lowest BCUT2D eigenvalue weighted by molar-refractivity contribution is 0.464. The highest BCUT2D eigenvalue weighted by molar-refractivity contribution is 14.1. The van der Waals surface area contributed by atoms with Crippen LogP contribution in [0.25, 0.3) is 0 Å². The molecular weight excluding hydrogens is 251 g/mol. The Kier molecular flexibility index (Phi) is 2.76. The number of hydrogen-bond donors (Lipinski definition) is 1. The van der Waals surface area contributed by atoms with E-state index in [1.165, 1.54) is 0 Å². The van der Waals surface area contributed by atoms with Crippen molar-refractivity contribution >= 4 is 22.6 Å². The lowest BCUT2D eigenvalue weighted by Crippen LogP contribution is -1.91. The first-order valence-corrected chi connectivity index (χ1v) is 4.68. The van der Waals surface area contributed by atoms with E-state index in [1.54, 1.807) is 6.07 Å². The Balaban J connectivity index is 3.21. The van der Waals surface area contributed by atoms with Crippen molar-refractivity contribution in [1.82, 2.24) is 0 Å². The smallest absolute Gasteiger partial charge is 0.120 e. The number of benzene rings is 1. The summed E-state index contributed by atoms with van der Waals surface area (Å²) in [5.41, 5.74) is 1.05. The molecule has 60 valence electrons. The van der Waals surface area contributed by atoms with Crippen LogP contribution in [-0.2, 0) is 0 Å². The fraction of sp³-hybridized carbons (Fsp3) is 0.333. The summed E-state index contributed by atoms with van der Waals surface area (Å²) in [6.07, 6.45) is 0. The number of hydrogen-bond acceptors (Lipinski definition) is 1. The fourth-order valence-electron chi connectivity index (χ4n) is 1.10. The summed E-state index contributed by atoms with van der Waals surface area (Å²) in [4.78, 5) is 0. The molecule has 0 aliphatic heterocycles. The van der Waals surface area contributed by atoms with E-state index < -0.39 is 0 Å². The summed E-state index contributed by atoms with van der Waals surface area (Å²) in [6.45, 7) is 4.16. The molecule has 0 unspecified atom stereocenters. The molecule has 0 aliphatic carbocycles. The van der Waals surface area contributed by atoms with Crippen LogP contribution in [0, 0.1) is 3.57 Å². The van der Waals surface area contributed by atoms with Crippen molar-refractivity contribution in [2.75, 3.05) is 0 Å². The quantitative estimate of drug-likeness (QED) is 0.771. The van der Waals surface area contributed by atoms with Gasteiger partial charge < -0.3 is 5.11 Å². The molecule has 0 saturated heterocycles. The van der Waals surface area contributed by atoms with Gasteiger partial charge in [0.25, 0.3) is 0 Å². The third kappa shape index (κ3) is 1.86. The lowest BCUT2D eigenvalue weighted by Gasteiger charge is -2.09. The Bertz CT molecular complexity index is 235. The number of halogens is 1. The summed E-state index contributed by atoms with van der Waals surface area (Å²) in [6, 6.07) is 5.61. The number of rotatable bonds is 1. The fourth-order valence-corrected chi connectivity index (χ4v) is 2.20. The first-order valence-electron chi connectivity index (χ1n) is 3.60. The van der Waals surface area contributed by atoms with E-state index in [0.717, 1.165) is 9.13 Å². The molecule has 1 N–H and O–H groups in total. The molecule has 0 spiro atoms. The van der Waals surface area contributed by atoms with Crippen molar-refractivity contribution in [3.63, 3.8) is 0 Å². The number of phenols is 1. The van der Waals surface area contributed by atoms with Gasteiger partial charge in [-0.05, 0) is 40.6 Å². The van der Waals surface area contributed by atoms with Gasteiger partial charge in [0.15, 0.2) is 0 Å². The molecule has 1 aromatic rings. The number of phenolic OH excluding ortho intramolecular Hbond substituents is 1. The molecule has 0 radical (unpaired) electrons. The topological polar surface area (TPSA) is 20.2 Å². The largest absolute Gasteiger partial charge is 0.508 e. The summed E-state index contributed by atoms with van der Waals surface area (Å²) in [7, 11) is 0. The summed E-state index contributed by atoms with van der Waals surface area (Å²) < 4.78 is 1.14. The molecule has 0 fully saturated rings. The average Bonchev–Trinajstić information content (AvgIpc) is 1.85. The standard InChI is InChI=1S/C9H11IO/c1-6(2)9-7(10)4-3-5-8(9)11/h3-6,11H,1-2H3. The second kappa shape index (κ2) is 3.43. The van der Waals surface area contributed by atoms with Gasteiger partial charge in [-0.25, -0.2) is 0 Å². The van der Waals surface area contributed by atoms with Crippen LogP contribution in [0.15, 0.2) is 18.2 Å². The molecule has 1 aromatic carbocycles. The van der Waals surface area contributed by atoms with E-state index in [1.807, 2.05) is 12.1 Å². The van der Waals surface area contributed by atoms with Crippen LogP contribution in [0.3, 0.4) is 0 Å². The monoisotopic (exact) mass is 262 g/mol. The Morgan fingerprint density at radius 3 is 2.36 bits per heavy atom. The van der Waals surface area contributed by atoms with E-state index in [-0.39, 0.29) is 0 Å². The van der Waals surface area contributed by atoms with Gasteiger partial charge in [-0.3, -0.25) is 0 Å². The van der Waals surface area contributed by atoms with Crippen LogP contribution in [-0.4, -0.2) is 5.11 Å². The van der Waals surface area contributed by atoms with Crippen LogP contribution in [0.2, 0.25) is 0 Å². The maximum Gasteiger partial charge on any atom is 0.120 e. The Hall–Kier alpha value is -0.250. The van der Waals surface area contributed by atoms with Gasteiger partial charge in [-0.1, -0.05) is 19.9 Å². The SMILES string of the molecule is CC(C)c1c(O)cccc1I. The molecule has 0 atom stereocenters. The van der Waals surface area contributed by atoms with Crippen LogP contribution >= 0.6 is 22.6 Å². The molecule has 0 amide bonds. The van der Waals surface area contributed by atoms with E-state index in [2.05, 4.69) is 36.4 Å². The zero-order valence-electron chi connectivity index (χ0n) is 6.63. The van der Waals surface area contributed by atoms with Crippen molar-refractivity contribution < 1.29 is 5.11 Å². The predicted molar refractivity (Wildman–Crippen MR) is 54.9 cm³/mol. The third-order valence-electron chi connectivity index (χ3n) is 1.61. The van der Waals surface area contributed by atoms with Gasteiger partial charge >= 0.3 is 0 Å². The number of aromatic hydroxyl groups is 1. The predicted octanol–water partition coefficient (Wildman–Crippen LogP) is 3.12. The molecule has 0 bridgehead atoms. The molecule has 1 nitrogen and oxygen atoms in total. The zero-order chi connectivity index (χ0) is 8.43. The summed E-state index contributed by atoms with van der Waals surface area (Å²) >= 11 is 2.24. The van der Waals surface area contributed by atoms with Crippen molar-refractivity contribution in [3.05, 3.63) is 27.3 Å². The maximum atomic E-state index is 9.46. The van der Waals surface area contributed by atoms with Crippen molar-refractivity contribution in [2.45, 2.75) is 19.8 Å². The van der Waals surface area contributed by atoms with Gasteiger partial charge in [-0.15, -0.1) is 0 Å². The molecule has 0 saturated carbocycles. The maximum absolute atomic E-state index is 9.46. The van der Waals surface area contributed by atoms with Gasteiger partial charge in [0.1, 0.15) is 5.75 Å². The second-order valence-corrected chi connectivity index (χ2v) is 3.99. The van der Waals surface area contributed by atoms with Crippen LogP contribution in [0.5, 0.6) is 5.75 Å². The van der Waals surface area contributed by atoms with Gasteiger partial charge in [0.2, 0.25) is 0 Å². The third-order valence-corrected chi connectivity index (χ3v) is 2.55. The molecule has 0 heterocycles. The minimum atomic E-state index is 0.392. The minimum Gasteiger partial charge on any atom is -0.508 e. The van der Waals surface area contributed by atoms with E-state index >= 15 is 0 Å². The average molecular weight is 262 g/mol. The summed E-state index contributed by atoms with van der Waals surface area (Å²) in [5.74, 6) is 0.801. The second-order valence-electron chi connectivity index (χ2n) is 2.83. The van der Waals surface area contributed by atoms with Gasteiger partial charge in [0.05, 0.1) is 0 Å². The highest BCUT2D eigenvalue weighted by Gasteiger charge is 2.08. The van der Waals surface area contributed by atoms with E-state index in [9.17, 15) is 5.11 Å². The van der Waals surface area contributed by atoms with Crippen molar-refractivity contribution in [1.29, 1.82) is 0 Å². The highest BCUT2D eigenvalue weighted by atomic mass is 127. The molecule has 2 heteroatoms. The van der Waals surface area contributed by atoms with Crippen molar-refractivity contribution in [2.24, 2.45) is 0 Å². The molecule has 0 aromatic heterocycles. The Morgan fingerprint density at radius 1 is 1.36 bits per heavy atom. The first kappa shape index (κ1) is 8.84. The Labute approximate surface area is 80.6 Å². The molecule has 1 rings (SSSR count). The Morgan fingerprint density at radius 2 is 2.00 bits per heavy atom. The molecule has 11 heavy (non-hydrogen) atoms. The lowest BCUT2D eigenvalue weighted by atomic mass is 10.0. The summed E-state index contributed by atoms with van der Waals surface area (Å²) in [5, 5.41) is 9.46. The van der Waals surface area contributed by atoms with Crippen molar-refractivity contribution in [3.8, 4) is 5.75 Å². The van der Waals surface area contributed by atoms with Crippen LogP contribution in [0.4, 0.5) is 0 Å². The molecule has 0 aliphatic rings. The molecular formula is C9H11IO. The first-order chi connectivity index (χ1) is 5.13. The van der Waals surface area contributed by atoms with Crippen LogP contribution in [0.1, 0.15) is 25.3 Å². The minimum absolute atomic E-state index is 0.392. The zero-order valence-corrected chi connectivity index (χ0v) is 8.79. The normalized spacial score (nSPS) is 10.5.